The highest BCUT2D eigenvalue weighted by Crippen LogP contribution is 2.14. The van der Waals surface area contributed by atoms with Crippen LogP contribution in [0.15, 0.2) is 16.7 Å². The summed E-state index contributed by atoms with van der Waals surface area (Å²) in [4.78, 5) is 11.8. The summed E-state index contributed by atoms with van der Waals surface area (Å²) in [7, 11) is 0. The van der Waals surface area contributed by atoms with Crippen molar-refractivity contribution in [1.82, 2.24) is 9.88 Å². The molecule has 0 saturated carbocycles. The van der Waals surface area contributed by atoms with E-state index in [0.717, 1.165) is 11.0 Å². The Hall–Kier alpha value is -0.850. The molecule has 6 heteroatoms. The van der Waals surface area contributed by atoms with Crippen LogP contribution < -0.4 is 5.32 Å². The van der Waals surface area contributed by atoms with Gasteiger partial charge in [0.25, 0.3) is 5.91 Å². The molecule has 0 aliphatic carbocycles. The summed E-state index contributed by atoms with van der Waals surface area (Å²) >= 11 is 3.34. The molecule has 17 heavy (non-hydrogen) atoms. The second-order valence-electron chi connectivity index (χ2n) is 3.42. The van der Waals surface area contributed by atoms with Crippen LogP contribution in [0, 0.1) is 0 Å². The van der Waals surface area contributed by atoms with Gasteiger partial charge in [0.1, 0.15) is 5.69 Å². The fourth-order valence-corrected chi connectivity index (χ4v) is 1.88. The molecule has 0 aromatic carbocycles. The minimum absolute atomic E-state index is 0.000418. The summed E-state index contributed by atoms with van der Waals surface area (Å²) in [6, 6.07) is 1.79. The number of nitrogens with one attached hydrogen (secondary N) is 1. The Morgan fingerprint density at radius 1 is 1.59 bits per heavy atom. The number of hydrogen-bond acceptors (Lipinski definition) is 3. The van der Waals surface area contributed by atoms with E-state index in [-0.39, 0.29) is 12.5 Å². The van der Waals surface area contributed by atoms with Gasteiger partial charge in [0.05, 0.1) is 19.8 Å². The number of carbonyl (C=O) groups excluding carboxylic acids is 1. The third kappa shape index (κ3) is 4.49. The summed E-state index contributed by atoms with van der Waals surface area (Å²) in [5, 5.41) is 11.3. The lowest BCUT2D eigenvalue weighted by atomic mass is 10.4. The molecule has 0 atom stereocenters. The zero-order valence-corrected chi connectivity index (χ0v) is 11.4. The fourth-order valence-electron chi connectivity index (χ4n) is 1.42. The third-order valence-corrected chi connectivity index (χ3v) is 2.64. The van der Waals surface area contributed by atoms with E-state index in [1.54, 1.807) is 6.07 Å². The highest BCUT2D eigenvalue weighted by Gasteiger charge is 2.11. The standard InChI is InChI=1S/C11H17BrN2O3/c1-2-14-8-9(12)7-10(14)11(16)13-3-5-17-6-4-15/h7-8,15H,2-6H2,1H3,(H,13,16). The molecule has 0 saturated heterocycles. The van der Waals surface area contributed by atoms with Crippen molar-refractivity contribution in [3.63, 3.8) is 0 Å². The van der Waals surface area contributed by atoms with Crippen molar-refractivity contribution < 1.29 is 14.6 Å². The number of aliphatic hydroxyl groups is 1. The van der Waals surface area contributed by atoms with Crippen molar-refractivity contribution in [1.29, 1.82) is 0 Å². The molecular weight excluding hydrogens is 288 g/mol. The van der Waals surface area contributed by atoms with Gasteiger partial charge in [0, 0.05) is 23.8 Å². The number of amides is 1. The van der Waals surface area contributed by atoms with E-state index < -0.39 is 0 Å². The molecule has 1 amide bonds. The number of nitrogens with zero attached hydrogens (tertiary/aromatic N) is 1. The molecule has 0 aliphatic rings. The minimum atomic E-state index is -0.120. The molecule has 2 N–H and O–H groups in total. The Morgan fingerprint density at radius 2 is 2.35 bits per heavy atom. The van der Waals surface area contributed by atoms with Crippen molar-refractivity contribution in [3.8, 4) is 0 Å². The number of rotatable bonds is 7. The first-order valence-electron chi connectivity index (χ1n) is 5.51. The van der Waals surface area contributed by atoms with Crippen molar-refractivity contribution in [2.75, 3.05) is 26.4 Å². The number of aromatic nitrogens is 1. The number of aryl methyl sites for hydroxylation is 1. The zero-order chi connectivity index (χ0) is 12.7. The Bertz CT molecular complexity index is 366. The van der Waals surface area contributed by atoms with Gasteiger partial charge in [-0.3, -0.25) is 4.79 Å². The molecule has 0 bridgehead atoms. The lowest BCUT2D eigenvalue weighted by Gasteiger charge is -2.07. The molecule has 0 spiro atoms. The molecule has 1 aromatic rings. The van der Waals surface area contributed by atoms with Gasteiger partial charge in [0.15, 0.2) is 0 Å². The topological polar surface area (TPSA) is 63.5 Å². The number of halogens is 1. The monoisotopic (exact) mass is 304 g/mol. The molecule has 1 rings (SSSR count). The Morgan fingerprint density at radius 3 is 3.00 bits per heavy atom. The number of carbonyl (C=O) groups is 1. The van der Waals surface area contributed by atoms with Gasteiger partial charge < -0.3 is 19.7 Å². The second kappa shape index (κ2) is 7.47. The molecule has 0 fully saturated rings. The number of ether oxygens (including phenoxy) is 1. The quantitative estimate of drug-likeness (QED) is 0.739. The van der Waals surface area contributed by atoms with E-state index in [2.05, 4.69) is 21.2 Å². The highest BCUT2D eigenvalue weighted by atomic mass is 79.9. The van der Waals surface area contributed by atoms with E-state index in [1.165, 1.54) is 0 Å². The molecule has 1 aromatic heterocycles. The van der Waals surface area contributed by atoms with Gasteiger partial charge in [-0.05, 0) is 28.9 Å². The lowest BCUT2D eigenvalue weighted by Crippen LogP contribution is -2.29. The van der Waals surface area contributed by atoms with Gasteiger partial charge in [-0.2, -0.15) is 0 Å². The van der Waals surface area contributed by atoms with Crippen LogP contribution in [0.3, 0.4) is 0 Å². The maximum atomic E-state index is 11.8. The average Bonchev–Trinajstić information content (AvgIpc) is 2.70. The van der Waals surface area contributed by atoms with Gasteiger partial charge in [0.2, 0.25) is 0 Å². The summed E-state index contributed by atoms with van der Waals surface area (Å²) < 4.78 is 7.81. The van der Waals surface area contributed by atoms with Crippen molar-refractivity contribution >= 4 is 21.8 Å². The average molecular weight is 305 g/mol. The van der Waals surface area contributed by atoms with E-state index >= 15 is 0 Å². The molecule has 5 nitrogen and oxygen atoms in total. The molecule has 0 radical (unpaired) electrons. The summed E-state index contributed by atoms with van der Waals surface area (Å²) in [6.07, 6.45) is 1.87. The molecular formula is C11H17BrN2O3. The third-order valence-electron chi connectivity index (χ3n) is 2.20. The Kier molecular flexibility index (Phi) is 6.25. The molecule has 1 heterocycles. The van der Waals surface area contributed by atoms with E-state index in [4.69, 9.17) is 9.84 Å². The number of aliphatic hydroxyl groups excluding tert-OH is 1. The van der Waals surface area contributed by atoms with Crippen molar-refractivity contribution in [2.45, 2.75) is 13.5 Å². The largest absolute Gasteiger partial charge is 0.394 e. The summed E-state index contributed by atoms with van der Waals surface area (Å²) in [5.41, 5.74) is 0.626. The van der Waals surface area contributed by atoms with Crippen LogP contribution in [0.25, 0.3) is 0 Å². The van der Waals surface area contributed by atoms with E-state index in [9.17, 15) is 4.79 Å². The van der Waals surface area contributed by atoms with Crippen LogP contribution in [-0.2, 0) is 11.3 Å². The van der Waals surface area contributed by atoms with Gasteiger partial charge in [-0.25, -0.2) is 0 Å². The van der Waals surface area contributed by atoms with Crippen LogP contribution in [0.5, 0.6) is 0 Å². The Labute approximate surface area is 109 Å². The van der Waals surface area contributed by atoms with Gasteiger partial charge in [-0.15, -0.1) is 0 Å². The lowest BCUT2D eigenvalue weighted by molar-refractivity contribution is 0.0832. The number of hydrogen-bond donors (Lipinski definition) is 2. The first-order valence-corrected chi connectivity index (χ1v) is 6.30. The first-order chi connectivity index (χ1) is 8.19. The predicted octanol–water partition coefficient (Wildman–Crippen LogP) is 1.01. The van der Waals surface area contributed by atoms with Crippen LogP contribution in [0.2, 0.25) is 0 Å². The van der Waals surface area contributed by atoms with Crippen LogP contribution in [-0.4, -0.2) is 41.9 Å². The maximum absolute atomic E-state index is 11.8. The molecule has 96 valence electrons. The van der Waals surface area contributed by atoms with Crippen LogP contribution in [0.1, 0.15) is 17.4 Å². The maximum Gasteiger partial charge on any atom is 0.268 e. The van der Waals surface area contributed by atoms with Gasteiger partial charge in [-0.1, -0.05) is 0 Å². The van der Waals surface area contributed by atoms with Crippen LogP contribution >= 0.6 is 15.9 Å². The smallest absolute Gasteiger partial charge is 0.268 e. The second-order valence-corrected chi connectivity index (χ2v) is 4.34. The first kappa shape index (κ1) is 14.2. The highest BCUT2D eigenvalue weighted by molar-refractivity contribution is 9.10. The SMILES string of the molecule is CCn1cc(Br)cc1C(=O)NCCOCCO. The van der Waals surface area contributed by atoms with Gasteiger partial charge >= 0.3 is 0 Å². The van der Waals surface area contributed by atoms with Crippen molar-refractivity contribution in [2.24, 2.45) is 0 Å². The fraction of sp³-hybridized carbons (Fsp3) is 0.545. The molecule has 0 unspecified atom stereocenters. The summed E-state index contributed by atoms with van der Waals surface area (Å²) in [5.74, 6) is -0.120. The zero-order valence-electron chi connectivity index (χ0n) is 9.78. The van der Waals surface area contributed by atoms with Crippen LogP contribution in [0.4, 0.5) is 0 Å². The Balaban J connectivity index is 2.41. The molecule has 0 aliphatic heterocycles. The normalized spacial score (nSPS) is 10.5. The minimum Gasteiger partial charge on any atom is -0.394 e. The van der Waals surface area contributed by atoms with E-state index in [0.29, 0.717) is 25.5 Å². The summed E-state index contributed by atoms with van der Waals surface area (Å²) in [6.45, 7) is 3.86. The van der Waals surface area contributed by atoms with E-state index in [1.807, 2.05) is 17.7 Å². The van der Waals surface area contributed by atoms with Crippen molar-refractivity contribution in [3.05, 3.63) is 22.4 Å². The predicted molar refractivity (Wildman–Crippen MR) is 68.0 cm³/mol.